The molecule has 0 aliphatic carbocycles. The fourth-order valence-electron chi connectivity index (χ4n) is 3.94. The van der Waals surface area contributed by atoms with Crippen molar-refractivity contribution in [3.63, 3.8) is 0 Å². The van der Waals surface area contributed by atoms with Gasteiger partial charge in [-0.15, -0.1) is 0 Å². The van der Waals surface area contributed by atoms with Crippen LogP contribution in [-0.4, -0.2) is 30.0 Å². The number of pyridine rings is 1. The van der Waals surface area contributed by atoms with E-state index in [1.807, 2.05) is 19.9 Å². The first kappa shape index (κ1) is 26.0. The van der Waals surface area contributed by atoms with Crippen molar-refractivity contribution in [2.45, 2.75) is 32.7 Å². The summed E-state index contributed by atoms with van der Waals surface area (Å²) < 4.78 is 20.9. The Morgan fingerprint density at radius 1 is 1.17 bits per heavy atom. The summed E-state index contributed by atoms with van der Waals surface area (Å²) in [6, 6.07) is 12.9. The molecule has 4 rings (SSSR count). The molecule has 0 saturated carbocycles. The number of methoxy groups -OCH3 is 1. The number of carbonyl (C=O) groups excluding carboxylic acids is 2. The molecular weight excluding hydrogens is 473 g/mol. The Kier molecular flexibility index (Phi) is 8.30. The van der Waals surface area contributed by atoms with Crippen LogP contribution in [0, 0.1) is 12.7 Å². The molecule has 1 aromatic heterocycles. The molecule has 3 aromatic rings. The van der Waals surface area contributed by atoms with Gasteiger partial charge in [-0.2, -0.15) is 0 Å². The Labute approximate surface area is 207 Å². The zero-order chi connectivity index (χ0) is 25.7. The lowest BCUT2D eigenvalue weighted by Gasteiger charge is -2.20. The van der Waals surface area contributed by atoms with Gasteiger partial charge in [0, 0.05) is 48.3 Å². The number of benzene rings is 2. The number of primary amides is 1. The maximum atomic E-state index is 14.3. The third kappa shape index (κ3) is 5.89. The van der Waals surface area contributed by atoms with Crippen LogP contribution in [0.5, 0.6) is 5.75 Å². The van der Waals surface area contributed by atoms with Gasteiger partial charge in [-0.25, -0.2) is 4.39 Å². The van der Waals surface area contributed by atoms with E-state index in [-0.39, 0.29) is 23.8 Å². The lowest BCUT2D eigenvalue weighted by Crippen LogP contribution is -2.34. The molecule has 1 atom stereocenters. The van der Waals surface area contributed by atoms with Crippen LogP contribution in [0.1, 0.15) is 40.7 Å². The van der Waals surface area contributed by atoms with Crippen LogP contribution in [-0.2, 0) is 11.3 Å². The fraction of sp³-hybridized carbons (Fsp3) is 0.269. The van der Waals surface area contributed by atoms with E-state index in [4.69, 9.17) is 22.1 Å². The Morgan fingerprint density at radius 2 is 1.86 bits per heavy atom. The molecule has 0 bridgehead atoms. The molecule has 2 amide bonds. The van der Waals surface area contributed by atoms with Crippen LogP contribution in [0.4, 0.5) is 10.1 Å². The van der Waals surface area contributed by atoms with E-state index in [0.29, 0.717) is 40.7 Å². The topological polar surface area (TPSA) is 94.6 Å². The summed E-state index contributed by atoms with van der Waals surface area (Å²) in [5.74, 6) is -0.833. The number of aromatic nitrogens is 1. The van der Waals surface area contributed by atoms with Crippen molar-refractivity contribution in [2.75, 3.05) is 18.6 Å². The van der Waals surface area contributed by atoms with Gasteiger partial charge in [-0.05, 0) is 61.4 Å². The van der Waals surface area contributed by atoms with E-state index in [2.05, 4.69) is 0 Å². The van der Waals surface area contributed by atoms with E-state index < -0.39 is 11.7 Å². The lowest BCUT2D eigenvalue weighted by molar-refractivity contribution is -0.117. The molecule has 1 aliphatic heterocycles. The fourth-order valence-corrected chi connectivity index (χ4v) is 4.07. The zero-order valence-electron chi connectivity index (χ0n) is 19.8. The predicted octanol–water partition coefficient (Wildman–Crippen LogP) is 4.28. The minimum absolute atomic E-state index is 0.158. The largest absolute Gasteiger partial charge is 0.497 e. The summed E-state index contributed by atoms with van der Waals surface area (Å²) in [5, 5.41) is 0.602. The highest BCUT2D eigenvalue weighted by Gasteiger charge is 2.35. The molecule has 2 N–H and O–H groups in total. The van der Waals surface area contributed by atoms with Gasteiger partial charge in [0.15, 0.2) is 0 Å². The van der Waals surface area contributed by atoms with E-state index >= 15 is 0 Å². The molecule has 1 saturated heterocycles. The Morgan fingerprint density at radius 3 is 2.43 bits per heavy atom. The lowest BCUT2D eigenvalue weighted by atomic mass is 9.97. The number of aryl methyl sites for hydroxylation is 2. The second-order valence-corrected chi connectivity index (χ2v) is 8.54. The van der Waals surface area contributed by atoms with Crippen LogP contribution in [0.15, 0.2) is 59.5 Å². The highest BCUT2D eigenvalue weighted by atomic mass is 35.5. The summed E-state index contributed by atoms with van der Waals surface area (Å²) in [6.45, 7) is 4.52. The van der Waals surface area contributed by atoms with Gasteiger partial charge < -0.3 is 19.9 Å². The number of carbonyl (C=O) groups is 2. The molecule has 9 heteroatoms. The van der Waals surface area contributed by atoms with Gasteiger partial charge in [0.05, 0.1) is 7.11 Å². The summed E-state index contributed by atoms with van der Waals surface area (Å²) in [5.41, 5.74) is 6.89. The van der Waals surface area contributed by atoms with Crippen molar-refractivity contribution in [3.8, 4) is 5.75 Å². The molecule has 2 heterocycles. The van der Waals surface area contributed by atoms with Gasteiger partial charge in [0.25, 0.3) is 5.56 Å². The number of amides is 2. The van der Waals surface area contributed by atoms with Gasteiger partial charge in [-0.3, -0.25) is 14.4 Å². The molecule has 35 heavy (non-hydrogen) atoms. The molecule has 184 valence electrons. The number of halogens is 2. The monoisotopic (exact) mass is 499 g/mol. The molecule has 1 fully saturated rings. The van der Waals surface area contributed by atoms with E-state index in [1.54, 1.807) is 47.2 Å². The quantitative estimate of drug-likeness (QED) is 0.566. The summed E-state index contributed by atoms with van der Waals surface area (Å²) in [7, 11) is 1.48. The van der Waals surface area contributed by atoms with Crippen molar-refractivity contribution in [1.82, 2.24) is 4.57 Å². The smallest absolute Gasteiger partial charge is 0.274 e. The number of hydrogen-bond donors (Lipinski definition) is 1. The summed E-state index contributed by atoms with van der Waals surface area (Å²) in [4.78, 5) is 37.1. The van der Waals surface area contributed by atoms with Gasteiger partial charge in [0.1, 0.15) is 17.3 Å². The van der Waals surface area contributed by atoms with E-state index in [9.17, 15) is 18.8 Å². The van der Waals surface area contributed by atoms with E-state index in [1.165, 1.54) is 18.1 Å². The third-order valence-electron chi connectivity index (χ3n) is 5.85. The number of ether oxygens (including phenoxy) is 1. The zero-order valence-corrected chi connectivity index (χ0v) is 20.5. The van der Waals surface area contributed by atoms with Crippen LogP contribution in [0.25, 0.3) is 0 Å². The second-order valence-electron chi connectivity index (χ2n) is 8.10. The Bertz CT molecular complexity index is 1290. The standard InChI is InChI=1S/C19H21FN2O3.C7H6ClNO/c1-4-21-8-7-12(2)18(19(21)24)22-11-13(9-17(22)23)15-6-5-14(25-3)10-16(15)20;8-6-3-1-5(2-4-6)7(9)10/h5-8,10,13H,4,9,11H2,1-3H3;1-4H,(H2,9,10). The molecular formula is C26H27ClFN3O4. The van der Waals surface area contributed by atoms with Crippen molar-refractivity contribution < 1.29 is 18.7 Å². The number of rotatable bonds is 5. The SMILES string of the molecule is CCn1ccc(C)c(N2CC(c3ccc(OC)cc3F)CC2=O)c1=O.NC(=O)c1ccc(Cl)cc1. The highest BCUT2D eigenvalue weighted by molar-refractivity contribution is 6.30. The third-order valence-corrected chi connectivity index (χ3v) is 6.11. The van der Waals surface area contributed by atoms with Crippen LogP contribution in [0.3, 0.4) is 0 Å². The Hall–Kier alpha value is -3.65. The molecule has 0 spiro atoms. The number of anilines is 1. The van der Waals surface area contributed by atoms with Crippen LogP contribution < -0.4 is 20.9 Å². The average Bonchev–Trinajstić information content (AvgIpc) is 3.20. The highest BCUT2D eigenvalue weighted by Crippen LogP contribution is 2.34. The van der Waals surface area contributed by atoms with E-state index in [0.717, 1.165) is 5.56 Å². The Balaban J connectivity index is 0.000000287. The van der Waals surface area contributed by atoms with Gasteiger partial charge >= 0.3 is 0 Å². The first-order valence-corrected chi connectivity index (χ1v) is 11.4. The predicted molar refractivity (Wildman–Crippen MR) is 134 cm³/mol. The van der Waals surface area contributed by atoms with Crippen molar-refractivity contribution in [3.05, 3.63) is 92.6 Å². The minimum Gasteiger partial charge on any atom is -0.497 e. The van der Waals surface area contributed by atoms with Crippen LogP contribution in [0.2, 0.25) is 5.02 Å². The number of nitrogens with zero attached hydrogens (tertiary/aromatic N) is 2. The first-order valence-electron chi connectivity index (χ1n) is 11.1. The minimum atomic E-state index is -0.434. The number of nitrogens with two attached hydrogens (primary N) is 1. The average molecular weight is 500 g/mol. The van der Waals surface area contributed by atoms with Crippen molar-refractivity contribution in [2.24, 2.45) is 5.73 Å². The maximum absolute atomic E-state index is 14.3. The van der Waals surface area contributed by atoms with Gasteiger partial charge in [-0.1, -0.05) is 17.7 Å². The second kappa shape index (κ2) is 11.2. The summed E-state index contributed by atoms with van der Waals surface area (Å²) >= 11 is 5.56. The molecule has 7 nitrogen and oxygen atoms in total. The first-order chi connectivity index (χ1) is 16.7. The summed E-state index contributed by atoms with van der Waals surface area (Å²) in [6.07, 6.45) is 1.91. The molecule has 1 aliphatic rings. The van der Waals surface area contributed by atoms with Crippen molar-refractivity contribution in [1.29, 1.82) is 0 Å². The van der Waals surface area contributed by atoms with Crippen LogP contribution >= 0.6 is 11.6 Å². The van der Waals surface area contributed by atoms with Crippen molar-refractivity contribution >= 4 is 29.1 Å². The maximum Gasteiger partial charge on any atom is 0.274 e. The molecule has 2 aromatic carbocycles. The number of hydrogen-bond acceptors (Lipinski definition) is 4. The molecule has 0 radical (unpaired) electrons. The molecule has 1 unspecified atom stereocenters. The van der Waals surface area contributed by atoms with Gasteiger partial charge in [0.2, 0.25) is 11.8 Å². The normalized spacial score (nSPS) is 14.9.